The van der Waals surface area contributed by atoms with Gasteiger partial charge >= 0.3 is 5.97 Å². The molecule has 0 bridgehead atoms. The van der Waals surface area contributed by atoms with E-state index in [0.717, 1.165) is 10.8 Å². The van der Waals surface area contributed by atoms with Crippen molar-refractivity contribution in [3.8, 4) is 0 Å². The van der Waals surface area contributed by atoms with Gasteiger partial charge in [-0.1, -0.05) is 30.3 Å². The first-order valence-electron chi connectivity index (χ1n) is 9.62. The quantitative estimate of drug-likeness (QED) is 0.642. The van der Waals surface area contributed by atoms with Gasteiger partial charge < -0.3 is 14.6 Å². The van der Waals surface area contributed by atoms with E-state index in [1.807, 2.05) is 0 Å². The highest BCUT2D eigenvalue weighted by Gasteiger charge is 2.31. The second kappa shape index (κ2) is 8.12. The first-order valence-corrected chi connectivity index (χ1v) is 11.1. The smallest absolute Gasteiger partial charge is 0.323 e. The van der Waals surface area contributed by atoms with Crippen molar-refractivity contribution in [2.45, 2.75) is 11.4 Å². The number of carbonyl (C=O) groups is 1. The minimum absolute atomic E-state index is 0.122. The second-order valence-electron chi connectivity index (χ2n) is 7.21. The van der Waals surface area contributed by atoms with E-state index >= 15 is 0 Å². The molecule has 0 saturated carbocycles. The van der Waals surface area contributed by atoms with Gasteiger partial charge in [0.05, 0.1) is 5.69 Å². The number of aliphatic carboxylic acids is 1. The van der Waals surface area contributed by atoms with E-state index in [1.165, 1.54) is 22.5 Å². The Bertz CT molecular complexity index is 1310. The fourth-order valence-electron chi connectivity index (χ4n) is 3.79. The Morgan fingerprint density at radius 2 is 1.58 bits per heavy atom. The standard InChI is InChI=1S/C21H20FN3O5S/c22-17-7-3-4-8-18(17)23-9-11-25(12-10-23)31(29,30)19-13-24(14-20(26)27)21(28)16-6-2-1-5-15(16)19/h1-8,13H,9-12,14H2,(H,26,27). The van der Waals surface area contributed by atoms with E-state index in [4.69, 9.17) is 5.11 Å². The Morgan fingerprint density at radius 3 is 2.23 bits per heavy atom. The number of pyridine rings is 1. The summed E-state index contributed by atoms with van der Waals surface area (Å²) >= 11 is 0. The molecule has 0 aliphatic carbocycles. The number of anilines is 1. The van der Waals surface area contributed by atoms with Gasteiger partial charge in [-0.05, 0) is 18.2 Å². The molecular weight excluding hydrogens is 425 g/mol. The van der Waals surface area contributed by atoms with Gasteiger partial charge in [0, 0.05) is 43.1 Å². The van der Waals surface area contributed by atoms with E-state index in [9.17, 15) is 22.4 Å². The van der Waals surface area contributed by atoms with Gasteiger partial charge in [-0.15, -0.1) is 0 Å². The first kappa shape index (κ1) is 21.0. The molecular formula is C21H20FN3O5S. The predicted octanol–water partition coefficient (Wildman–Crippen LogP) is 1.74. The summed E-state index contributed by atoms with van der Waals surface area (Å²) in [6, 6.07) is 12.5. The van der Waals surface area contributed by atoms with E-state index < -0.39 is 28.1 Å². The number of para-hydroxylation sites is 1. The average Bonchev–Trinajstić information content (AvgIpc) is 2.76. The van der Waals surface area contributed by atoms with Gasteiger partial charge in [-0.3, -0.25) is 9.59 Å². The topological polar surface area (TPSA) is 99.9 Å². The number of carboxylic acids is 1. The van der Waals surface area contributed by atoms with E-state index in [0.29, 0.717) is 18.8 Å². The van der Waals surface area contributed by atoms with Gasteiger partial charge in [0.15, 0.2) is 0 Å². The lowest BCUT2D eigenvalue weighted by atomic mass is 10.2. The molecule has 162 valence electrons. The SMILES string of the molecule is O=C(O)Cn1cc(S(=O)(=O)N2CCN(c3ccccc3F)CC2)c2ccccc2c1=O. The zero-order valence-corrected chi connectivity index (χ0v) is 17.3. The molecule has 1 fully saturated rings. The maximum absolute atomic E-state index is 14.1. The number of aromatic nitrogens is 1. The number of rotatable bonds is 5. The minimum Gasteiger partial charge on any atom is -0.480 e. The number of piperazine rings is 1. The normalized spacial score (nSPS) is 15.3. The fourth-order valence-corrected chi connectivity index (χ4v) is 5.43. The van der Waals surface area contributed by atoms with Crippen LogP contribution < -0.4 is 10.5 Å². The summed E-state index contributed by atoms with van der Waals surface area (Å²) < 4.78 is 43.1. The van der Waals surface area contributed by atoms with Crippen LogP contribution in [0.1, 0.15) is 0 Å². The number of hydrogen-bond acceptors (Lipinski definition) is 5. The Balaban J connectivity index is 1.69. The molecule has 4 rings (SSSR count). The van der Waals surface area contributed by atoms with Crippen molar-refractivity contribution in [3.05, 3.63) is 70.9 Å². The number of hydrogen-bond donors (Lipinski definition) is 1. The largest absolute Gasteiger partial charge is 0.480 e. The van der Waals surface area contributed by atoms with E-state index in [-0.39, 0.29) is 34.6 Å². The number of carboxylic acid groups (broad SMARTS) is 1. The first-order chi connectivity index (χ1) is 14.8. The lowest BCUT2D eigenvalue weighted by molar-refractivity contribution is -0.137. The molecule has 2 heterocycles. The lowest BCUT2D eigenvalue weighted by Crippen LogP contribution is -2.49. The highest BCUT2D eigenvalue weighted by Crippen LogP contribution is 2.26. The minimum atomic E-state index is -4.02. The van der Waals surface area contributed by atoms with Crippen molar-refractivity contribution < 1.29 is 22.7 Å². The predicted molar refractivity (Wildman–Crippen MR) is 113 cm³/mol. The van der Waals surface area contributed by atoms with Gasteiger partial charge in [0.2, 0.25) is 10.0 Å². The average molecular weight is 445 g/mol. The summed E-state index contributed by atoms with van der Waals surface area (Å²) in [6.45, 7) is 0.207. The van der Waals surface area contributed by atoms with Crippen LogP contribution in [-0.2, 0) is 21.4 Å². The summed E-state index contributed by atoms with van der Waals surface area (Å²) in [5.74, 6) is -1.62. The van der Waals surface area contributed by atoms with Gasteiger partial charge in [0.25, 0.3) is 5.56 Å². The summed E-state index contributed by atoms with van der Waals surface area (Å²) in [5, 5.41) is 9.49. The van der Waals surface area contributed by atoms with Crippen LogP contribution in [0.25, 0.3) is 10.8 Å². The highest BCUT2D eigenvalue weighted by atomic mass is 32.2. The summed E-state index contributed by atoms with van der Waals surface area (Å²) in [7, 11) is -4.02. The number of sulfonamides is 1. The number of benzene rings is 2. The van der Waals surface area contributed by atoms with Crippen LogP contribution in [-0.4, -0.2) is 54.5 Å². The van der Waals surface area contributed by atoms with Crippen molar-refractivity contribution in [3.63, 3.8) is 0 Å². The molecule has 8 nitrogen and oxygen atoms in total. The maximum atomic E-state index is 14.1. The molecule has 1 N–H and O–H groups in total. The molecule has 1 aliphatic rings. The highest BCUT2D eigenvalue weighted by molar-refractivity contribution is 7.89. The van der Waals surface area contributed by atoms with Crippen LogP contribution in [0.2, 0.25) is 0 Å². The molecule has 0 radical (unpaired) electrons. The Kier molecular flexibility index (Phi) is 5.50. The molecule has 1 aromatic heterocycles. The monoisotopic (exact) mass is 445 g/mol. The molecule has 2 aromatic carbocycles. The van der Waals surface area contributed by atoms with Gasteiger partial charge in [-0.2, -0.15) is 4.31 Å². The Hall–Kier alpha value is -3.24. The van der Waals surface area contributed by atoms with Crippen molar-refractivity contribution in [1.82, 2.24) is 8.87 Å². The molecule has 0 atom stereocenters. The summed E-state index contributed by atoms with van der Waals surface area (Å²) in [6.07, 6.45) is 1.09. The molecule has 1 saturated heterocycles. The molecule has 31 heavy (non-hydrogen) atoms. The molecule has 10 heteroatoms. The lowest BCUT2D eigenvalue weighted by Gasteiger charge is -2.35. The van der Waals surface area contributed by atoms with Crippen molar-refractivity contribution >= 4 is 32.5 Å². The third kappa shape index (κ3) is 3.91. The molecule has 0 amide bonds. The van der Waals surface area contributed by atoms with Crippen LogP contribution in [0.15, 0.2) is 64.4 Å². The van der Waals surface area contributed by atoms with Crippen LogP contribution in [0.5, 0.6) is 0 Å². The van der Waals surface area contributed by atoms with Gasteiger partial charge in [0.1, 0.15) is 17.3 Å². The third-order valence-corrected chi connectivity index (χ3v) is 7.24. The zero-order valence-electron chi connectivity index (χ0n) is 16.4. The second-order valence-corrected chi connectivity index (χ2v) is 9.11. The summed E-state index contributed by atoms with van der Waals surface area (Å²) in [5.41, 5.74) is -0.152. The third-order valence-electron chi connectivity index (χ3n) is 5.31. The van der Waals surface area contributed by atoms with Crippen molar-refractivity contribution in [2.24, 2.45) is 0 Å². The van der Waals surface area contributed by atoms with Crippen LogP contribution in [0, 0.1) is 5.82 Å². The Labute approximate surface area is 177 Å². The zero-order chi connectivity index (χ0) is 22.2. The molecule has 0 unspecified atom stereocenters. The summed E-state index contributed by atoms with van der Waals surface area (Å²) in [4.78, 5) is 25.4. The Morgan fingerprint density at radius 1 is 0.968 bits per heavy atom. The van der Waals surface area contributed by atoms with Crippen molar-refractivity contribution in [2.75, 3.05) is 31.1 Å². The van der Waals surface area contributed by atoms with Crippen LogP contribution in [0.3, 0.4) is 0 Å². The van der Waals surface area contributed by atoms with Gasteiger partial charge in [-0.25, -0.2) is 12.8 Å². The van der Waals surface area contributed by atoms with E-state index in [1.54, 1.807) is 35.2 Å². The molecule has 0 spiro atoms. The molecule has 1 aliphatic heterocycles. The number of fused-ring (bicyclic) bond motifs is 1. The maximum Gasteiger partial charge on any atom is 0.323 e. The fraction of sp³-hybridized carbons (Fsp3) is 0.238. The number of halogens is 1. The van der Waals surface area contributed by atoms with Crippen LogP contribution >= 0.6 is 0 Å². The number of nitrogens with zero attached hydrogens (tertiary/aromatic N) is 3. The molecule has 3 aromatic rings. The van der Waals surface area contributed by atoms with E-state index in [2.05, 4.69) is 0 Å². The van der Waals surface area contributed by atoms with Crippen LogP contribution in [0.4, 0.5) is 10.1 Å². The van der Waals surface area contributed by atoms with Crippen molar-refractivity contribution in [1.29, 1.82) is 0 Å².